The number of carboxylic acids is 1. The minimum absolute atomic E-state index is 0.0205. The van der Waals surface area contributed by atoms with E-state index in [2.05, 4.69) is 0 Å². The van der Waals surface area contributed by atoms with E-state index in [9.17, 15) is 24.8 Å². The molecule has 1 aromatic carbocycles. The van der Waals surface area contributed by atoms with Gasteiger partial charge in [-0.1, -0.05) is 6.42 Å². The summed E-state index contributed by atoms with van der Waals surface area (Å²) in [5, 5.41) is 21.0. The first-order chi connectivity index (χ1) is 10.8. The number of benzene rings is 1. The molecular weight excluding hydrogens is 300 g/mol. The van der Waals surface area contributed by atoms with Crippen molar-refractivity contribution < 1.29 is 19.6 Å². The molecule has 1 aromatic rings. The summed E-state index contributed by atoms with van der Waals surface area (Å²) in [5.41, 5.74) is -0.256. The fourth-order valence-corrected chi connectivity index (χ4v) is 3.98. The molecule has 1 saturated carbocycles. The van der Waals surface area contributed by atoms with E-state index in [-0.39, 0.29) is 29.5 Å². The maximum atomic E-state index is 11.7. The lowest BCUT2D eigenvalue weighted by Gasteiger charge is -2.24. The average Bonchev–Trinajstić information content (AvgIpc) is 3.04. The van der Waals surface area contributed by atoms with Crippen LogP contribution >= 0.6 is 0 Å². The molecule has 0 unspecified atom stereocenters. The predicted molar refractivity (Wildman–Crippen MR) is 82.7 cm³/mol. The Morgan fingerprint density at radius 3 is 2.74 bits per heavy atom. The molecule has 0 spiro atoms. The Hall–Kier alpha value is -2.44. The van der Waals surface area contributed by atoms with E-state index in [0.717, 1.165) is 12.8 Å². The number of aliphatic carboxylic acids is 1. The molecule has 2 aliphatic rings. The van der Waals surface area contributed by atoms with Gasteiger partial charge in [0.1, 0.15) is 5.69 Å². The third kappa shape index (κ3) is 2.36. The fourth-order valence-electron chi connectivity index (χ4n) is 3.98. The molecule has 1 aliphatic carbocycles. The molecule has 1 saturated heterocycles. The largest absolute Gasteiger partial charge is 0.481 e. The van der Waals surface area contributed by atoms with Crippen molar-refractivity contribution in [3.8, 4) is 0 Å². The summed E-state index contributed by atoms with van der Waals surface area (Å²) in [6, 6.07) is 4.40. The van der Waals surface area contributed by atoms with Crippen LogP contribution in [0.5, 0.6) is 0 Å². The predicted octanol–water partition coefficient (Wildman–Crippen LogP) is 2.49. The highest BCUT2D eigenvalue weighted by Crippen LogP contribution is 2.50. The normalized spacial score (nSPS) is 26.1. The van der Waals surface area contributed by atoms with Gasteiger partial charge in [-0.2, -0.15) is 0 Å². The van der Waals surface area contributed by atoms with Gasteiger partial charge >= 0.3 is 5.97 Å². The van der Waals surface area contributed by atoms with Gasteiger partial charge in [-0.05, 0) is 37.8 Å². The second-order valence-corrected chi connectivity index (χ2v) is 6.45. The molecule has 0 aromatic heterocycles. The molecule has 1 heterocycles. The highest BCUT2D eigenvalue weighted by Gasteiger charge is 2.55. The quantitative estimate of drug-likeness (QED) is 0.520. The lowest BCUT2D eigenvalue weighted by atomic mass is 9.81. The van der Waals surface area contributed by atoms with E-state index < -0.39 is 16.3 Å². The van der Waals surface area contributed by atoms with Crippen LogP contribution in [0, 0.1) is 21.4 Å². The Morgan fingerprint density at radius 1 is 1.43 bits per heavy atom. The van der Waals surface area contributed by atoms with E-state index in [1.807, 2.05) is 0 Å². The second-order valence-electron chi connectivity index (χ2n) is 6.45. The van der Waals surface area contributed by atoms with Crippen molar-refractivity contribution in [3.05, 3.63) is 33.9 Å². The number of carbonyl (C=O) groups is 2. The van der Waals surface area contributed by atoms with E-state index >= 15 is 0 Å². The van der Waals surface area contributed by atoms with Crippen LogP contribution in [0.1, 0.15) is 36.5 Å². The molecular formula is C16H18N2O5. The zero-order chi connectivity index (χ0) is 16.8. The minimum Gasteiger partial charge on any atom is -0.481 e. The molecule has 23 heavy (non-hydrogen) atoms. The number of nitrogens with zero attached hydrogens (tertiary/aromatic N) is 2. The zero-order valence-electron chi connectivity index (χ0n) is 12.8. The third-order valence-corrected chi connectivity index (χ3v) is 5.22. The summed E-state index contributed by atoms with van der Waals surface area (Å²) >= 11 is 0. The van der Waals surface area contributed by atoms with Gasteiger partial charge in [-0.15, -0.1) is 0 Å². The number of ketones is 1. The maximum Gasteiger partial charge on any atom is 0.311 e. The standard InChI is InChI=1S/C16H18N2O5/c1-10(19)11-4-5-13(14(7-11)18(22)23)17-8-12-3-2-6-16(12,9-17)15(20)21/h4-5,7,12H,2-3,6,8-9H2,1H3,(H,20,21)/t12-,16+/m0/s1. The highest BCUT2D eigenvalue weighted by atomic mass is 16.6. The summed E-state index contributed by atoms with van der Waals surface area (Å²) in [6.07, 6.45) is 2.33. The molecule has 1 aliphatic heterocycles. The van der Waals surface area contributed by atoms with Crippen LogP contribution in [0.2, 0.25) is 0 Å². The zero-order valence-corrected chi connectivity index (χ0v) is 12.8. The van der Waals surface area contributed by atoms with Gasteiger partial charge in [0, 0.05) is 24.7 Å². The van der Waals surface area contributed by atoms with Gasteiger partial charge in [-0.25, -0.2) is 0 Å². The van der Waals surface area contributed by atoms with Crippen molar-refractivity contribution in [2.45, 2.75) is 26.2 Å². The van der Waals surface area contributed by atoms with Crippen molar-refractivity contribution in [3.63, 3.8) is 0 Å². The fraction of sp³-hybridized carbons (Fsp3) is 0.500. The summed E-state index contributed by atoms with van der Waals surface area (Å²) in [5.74, 6) is -1.03. The third-order valence-electron chi connectivity index (χ3n) is 5.22. The van der Waals surface area contributed by atoms with Crippen LogP contribution in [0.15, 0.2) is 18.2 Å². The Labute approximate surface area is 133 Å². The molecule has 0 bridgehead atoms. The van der Waals surface area contributed by atoms with E-state index in [1.54, 1.807) is 17.0 Å². The monoisotopic (exact) mass is 318 g/mol. The molecule has 0 amide bonds. The Kier molecular flexibility index (Phi) is 3.58. The first kappa shape index (κ1) is 15.5. The lowest BCUT2D eigenvalue weighted by Crippen LogP contribution is -2.35. The van der Waals surface area contributed by atoms with E-state index in [4.69, 9.17) is 0 Å². The molecule has 7 heteroatoms. The van der Waals surface area contributed by atoms with Crippen molar-refractivity contribution in [2.24, 2.45) is 11.3 Å². The SMILES string of the molecule is CC(=O)c1ccc(N2C[C@@H]3CCC[C@@]3(C(=O)O)C2)c([N+](=O)[O-])c1. The van der Waals surface area contributed by atoms with Crippen LogP contribution < -0.4 is 4.90 Å². The number of Topliss-reactive ketones (excluding diaryl/α,β-unsaturated/α-hetero) is 1. The molecule has 0 radical (unpaired) electrons. The van der Waals surface area contributed by atoms with Gasteiger partial charge in [-0.3, -0.25) is 19.7 Å². The van der Waals surface area contributed by atoms with Gasteiger partial charge < -0.3 is 10.0 Å². The van der Waals surface area contributed by atoms with Gasteiger partial charge in [0.2, 0.25) is 0 Å². The Balaban J connectivity index is 1.99. The minimum atomic E-state index is -0.814. The number of carbonyl (C=O) groups excluding carboxylic acids is 1. The first-order valence-corrected chi connectivity index (χ1v) is 7.63. The number of hydrogen-bond donors (Lipinski definition) is 1. The molecule has 1 N–H and O–H groups in total. The molecule has 3 rings (SSSR count). The van der Waals surface area contributed by atoms with Crippen molar-refractivity contribution in [2.75, 3.05) is 18.0 Å². The summed E-state index contributed by atoms with van der Waals surface area (Å²) in [6.45, 7) is 2.15. The second kappa shape index (κ2) is 5.33. The van der Waals surface area contributed by atoms with Crippen LogP contribution in [0.25, 0.3) is 0 Å². The summed E-state index contributed by atoms with van der Waals surface area (Å²) in [7, 11) is 0. The number of carboxylic acid groups (broad SMARTS) is 1. The van der Waals surface area contributed by atoms with Crippen molar-refractivity contribution in [1.29, 1.82) is 0 Å². The number of fused-ring (bicyclic) bond motifs is 1. The smallest absolute Gasteiger partial charge is 0.311 e. The maximum absolute atomic E-state index is 11.7. The number of hydrogen-bond acceptors (Lipinski definition) is 5. The molecule has 7 nitrogen and oxygen atoms in total. The lowest BCUT2D eigenvalue weighted by molar-refractivity contribution is -0.384. The number of nitro benzene ring substituents is 1. The summed E-state index contributed by atoms with van der Waals surface area (Å²) in [4.78, 5) is 35.8. The number of anilines is 1. The summed E-state index contributed by atoms with van der Waals surface area (Å²) < 4.78 is 0. The van der Waals surface area contributed by atoms with Gasteiger partial charge in [0.25, 0.3) is 5.69 Å². The van der Waals surface area contributed by atoms with Gasteiger partial charge in [0.05, 0.1) is 10.3 Å². The van der Waals surface area contributed by atoms with E-state index in [0.29, 0.717) is 18.7 Å². The van der Waals surface area contributed by atoms with E-state index in [1.165, 1.54) is 13.0 Å². The highest BCUT2D eigenvalue weighted by molar-refractivity contribution is 5.95. The first-order valence-electron chi connectivity index (χ1n) is 7.63. The number of nitro groups is 1. The van der Waals surface area contributed by atoms with Crippen molar-refractivity contribution >= 4 is 23.1 Å². The number of rotatable bonds is 4. The molecule has 2 fully saturated rings. The van der Waals surface area contributed by atoms with Gasteiger partial charge in [0.15, 0.2) is 5.78 Å². The molecule has 122 valence electrons. The Morgan fingerprint density at radius 2 is 2.17 bits per heavy atom. The Bertz CT molecular complexity index is 702. The van der Waals surface area contributed by atoms with Crippen LogP contribution in [-0.4, -0.2) is 34.9 Å². The van der Waals surface area contributed by atoms with Crippen LogP contribution in [-0.2, 0) is 4.79 Å². The van der Waals surface area contributed by atoms with Crippen LogP contribution in [0.3, 0.4) is 0 Å². The average molecular weight is 318 g/mol. The van der Waals surface area contributed by atoms with Crippen LogP contribution in [0.4, 0.5) is 11.4 Å². The molecule has 2 atom stereocenters. The topological polar surface area (TPSA) is 101 Å². The van der Waals surface area contributed by atoms with Crippen molar-refractivity contribution in [1.82, 2.24) is 0 Å².